The van der Waals surface area contributed by atoms with Crippen molar-refractivity contribution in [3.05, 3.63) is 35.4 Å². The van der Waals surface area contributed by atoms with Gasteiger partial charge in [-0.3, -0.25) is 4.79 Å². The molecule has 1 aliphatic heterocycles. The Kier molecular flexibility index (Phi) is 9.09. The maximum absolute atomic E-state index is 13.7. The van der Waals surface area contributed by atoms with Gasteiger partial charge in [-0.05, 0) is 43.9 Å². The average Bonchev–Trinajstić information content (AvgIpc) is 2.54. The molecule has 1 amide bonds. The van der Waals surface area contributed by atoms with E-state index < -0.39 is 11.6 Å². The molecular formula is C17H25F2IN4O. The molecule has 1 unspecified atom stereocenters. The number of primary amides is 1. The Labute approximate surface area is 164 Å². The quantitative estimate of drug-likeness (QED) is 0.398. The van der Waals surface area contributed by atoms with Gasteiger partial charge in [-0.25, -0.2) is 13.8 Å². The molecule has 2 rings (SSSR count). The monoisotopic (exact) mass is 466 g/mol. The average molecular weight is 466 g/mol. The molecule has 5 nitrogen and oxygen atoms in total. The standard InChI is InChI=1S/C17H24F2N4O.HI/c1-2-21-17(22-10-13-9-14(18)5-6-15(13)19)23-7-3-4-12(11-23)8-16(20)24;/h5-6,9,12H,2-4,7-8,10-11H2,1H3,(H2,20,24)(H,21,22);1H. The predicted molar refractivity (Wildman–Crippen MR) is 105 cm³/mol. The first-order valence-electron chi connectivity index (χ1n) is 8.25. The van der Waals surface area contributed by atoms with Gasteiger partial charge in [0.2, 0.25) is 5.91 Å². The third-order valence-electron chi connectivity index (χ3n) is 4.05. The summed E-state index contributed by atoms with van der Waals surface area (Å²) in [5.74, 6) is -0.403. The van der Waals surface area contributed by atoms with E-state index in [1.54, 1.807) is 0 Å². The van der Waals surface area contributed by atoms with Crippen molar-refractivity contribution < 1.29 is 13.6 Å². The fourth-order valence-electron chi connectivity index (χ4n) is 2.96. The van der Waals surface area contributed by atoms with Crippen LogP contribution in [0.3, 0.4) is 0 Å². The first-order chi connectivity index (χ1) is 11.5. The van der Waals surface area contributed by atoms with Gasteiger partial charge in [-0.1, -0.05) is 0 Å². The van der Waals surface area contributed by atoms with Gasteiger partial charge in [0, 0.05) is 31.6 Å². The highest BCUT2D eigenvalue weighted by atomic mass is 127. The number of nitrogens with two attached hydrogens (primary N) is 1. The Morgan fingerprint density at radius 3 is 2.88 bits per heavy atom. The molecule has 140 valence electrons. The second-order valence-electron chi connectivity index (χ2n) is 6.03. The Morgan fingerprint density at radius 2 is 2.20 bits per heavy atom. The number of hydrogen-bond donors (Lipinski definition) is 2. The van der Waals surface area contributed by atoms with Gasteiger partial charge in [-0.2, -0.15) is 0 Å². The first kappa shape index (κ1) is 21.6. The van der Waals surface area contributed by atoms with Crippen LogP contribution >= 0.6 is 24.0 Å². The lowest BCUT2D eigenvalue weighted by molar-refractivity contribution is -0.119. The van der Waals surface area contributed by atoms with Gasteiger partial charge in [0.05, 0.1) is 6.54 Å². The van der Waals surface area contributed by atoms with E-state index in [1.165, 1.54) is 0 Å². The Morgan fingerprint density at radius 1 is 1.44 bits per heavy atom. The zero-order chi connectivity index (χ0) is 17.5. The molecule has 1 aromatic carbocycles. The number of piperidine rings is 1. The topological polar surface area (TPSA) is 70.7 Å². The first-order valence-corrected chi connectivity index (χ1v) is 8.25. The van der Waals surface area contributed by atoms with Gasteiger partial charge in [0.15, 0.2) is 5.96 Å². The molecule has 1 aromatic rings. The van der Waals surface area contributed by atoms with Gasteiger partial charge in [-0.15, -0.1) is 24.0 Å². The molecule has 0 aliphatic carbocycles. The third-order valence-corrected chi connectivity index (χ3v) is 4.05. The van der Waals surface area contributed by atoms with E-state index in [-0.39, 0.29) is 47.9 Å². The number of amides is 1. The molecule has 1 aliphatic rings. The maximum atomic E-state index is 13.7. The van der Waals surface area contributed by atoms with Crippen molar-refractivity contribution in [1.29, 1.82) is 0 Å². The summed E-state index contributed by atoms with van der Waals surface area (Å²) in [5.41, 5.74) is 5.51. The normalized spacial score (nSPS) is 17.8. The highest BCUT2D eigenvalue weighted by molar-refractivity contribution is 14.0. The van der Waals surface area contributed by atoms with Crippen molar-refractivity contribution in [2.24, 2.45) is 16.6 Å². The zero-order valence-electron chi connectivity index (χ0n) is 14.3. The van der Waals surface area contributed by atoms with Gasteiger partial charge < -0.3 is 16.0 Å². The second kappa shape index (κ2) is 10.5. The number of halogens is 3. The second-order valence-corrected chi connectivity index (χ2v) is 6.03. The molecule has 1 saturated heterocycles. The summed E-state index contributed by atoms with van der Waals surface area (Å²) < 4.78 is 27.0. The SMILES string of the molecule is CCNC(=NCc1cc(F)ccc1F)N1CCCC(CC(N)=O)C1.I. The molecule has 1 heterocycles. The lowest BCUT2D eigenvalue weighted by Crippen LogP contribution is -2.47. The number of nitrogens with zero attached hydrogens (tertiary/aromatic N) is 2. The largest absolute Gasteiger partial charge is 0.370 e. The summed E-state index contributed by atoms with van der Waals surface area (Å²) in [5, 5.41) is 3.17. The minimum Gasteiger partial charge on any atom is -0.370 e. The number of nitrogens with one attached hydrogen (secondary N) is 1. The summed E-state index contributed by atoms with van der Waals surface area (Å²) in [6, 6.07) is 3.36. The van der Waals surface area contributed by atoms with Crippen molar-refractivity contribution in [2.45, 2.75) is 32.7 Å². The molecule has 3 N–H and O–H groups in total. The minimum atomic E-state index is -0.480. The van der Waals surface area contributed by atoms with E-state index in [9.17, 15) is 13.6 Å². The Hall–Kier alpha value is -1.45. The number of aliphatic imine (C=N–C) groups is 1. The number of benzene rings is 1. The molecule has 8 heteroatoms. The van der Waals surface area contributed by atoms with Crippen LogP contribution in [0.4, 0.5) is 8.78 Å². The lowest BCUT2D eigenvalue weighted by atomic mass is 9.95. The Balaban J connectivity index is 0.00000312. The number of rotatable bonds is 5. The maximum Gasteiger partial charge on any atom is 0.217 e. The number of carbonyl (C=O) groups is 1. The predicted octanol–water partition coefficient (Wildman–Crippen LogP) is 2.64. The molecule has 1 fully saturated rings. The molecule has 0 bridgehead atoms. The minimum absolute atomic E-state index is 0. The van der Waals surface area contributed by atoms with E-state index in [4.69, 9.17) is 5.73 Å². The van der Waals surface area contributed by atoms with Crippen LogP contribution in [0.5, 0.6) is 0 Å². The molecule has 1 atom stereocenters. The third kappa shape index (κ3) is 6.75. The van der Waals surface area contributed by atoms with E-state index in [0.717, 1.165) is 37.6 Å². The van der Waals surface area contributed by atoms with Crippen LogP contribution in [0.1, 0.15) is 31.7 Å². The molecule has 0 radical (unpaired) electrons. The van der Waals surface area contributed by atoms with Crippen molar-refractivity contribution in [3.8, 4) is 0 Å². The number of carbonyl (C=O) groups excluding carboxylic acids is 1. The van der Waals surface area contributed by atoms with E-state index in [2.05, 4.69) is 15.2 Å². The van der Waals surface area contributed by atoms with Crippen LogP contribution < -0.4 is 11.1 Å². The zero-order valence-corrected chi connectivity index (χ0v) is 16.6. The fraction of sp³-hybridized carbons (Fsp3) is 0.529. The van der Waals surface area contributed by atoms with Gasteiger partial charge in [0.25, 0.3) is 0 Å². The number of hydrogen-bond acceptors (Lipinski definition) is 2. The van der Waals surface area contributed by atoms with E-state index in [1.807, 2.05) is 6.92 Å². The summed E-state index contributed by atoms with van der Waals surface area (Å²) in [6.07, 6.45) is 2.25. The van der Waals surface area contributed by atoms with Crippen LogP contribution in [0.15, 0.2) is 23.2 Å². The molecule has 0 spiro atoms. The van der Waals surface area contributed by atoms with E-state index in [0.29, 0.717) is 25.5 Å². The fourth-order valence-corrected chi connectivity index (χ4v) is 2.96. The van der Waals surface area contributed by atoms with Crippen molar-refractivity contribution in [1.82, 2.24) is 10.2 Å². The van der Waals surface area contributed by atoms with Crippen LogP contribution in [0.2, 0.25) is 0 Å². The van der Waals surface area contributed by atoms with Crippen molar-refractivity contribution in [2.75, 3.05) is 19.6 Å². The van der Waals surface area contributed by atoms with Crippen LogP contribution in [0, 0.1) is 17.6 Å². The Bertz CT molecular complexity index is 612. The van der Waals surface area contributed by atoms with Crippen molar-refractivity contribution in [3.63, 3.8) is 0 Å². The summed E-state index contributed by atoms with van der Waals surface area (Å²) >= 11 is 0. The van der Waals surface area contributed by atoms with Crippen LogP contribution in [-0.4, -0.2) is 36.4 Å². The number of likely N-dealkylation sites (tertiary alicyclic amines) is 1. The molecule has 0 saturated carbocycles. The van der Waals surface area contributed by atoms with E-state index >= 15 is 0 Å². The summed E-state index contributed by atoms with van der Waals surface area (Å²) in [6.45, 7) is 4.17. The van der Waals surface area contributed by atoms with Crippen LogP contribution in [0.25, 0.3) is 0 Å². The van der Waals surface area contributed by atoms with Crippen molar-refractivity contribution >= 4 is 35.8 Å². The van der Waals surface area contributed by atoms with Gasteiger partial charge in [0.1, 0.15) is 11.6 Å². The molecular weight excluding hydrogens is 441 g/mol. The summed E-state index contributed by atoms with van der Waals surface area (Å²) in [4.78, 5) is 17.6. The smallest absolute Gasteiger partial charge is 0.217 e. The lowest BCUT2D eigenvalue weighted by Gasteiger charge is -2.34. The molecule has 25 heavy (non-hydrogen) atoms. The number of guanidine groups is 1. The van der Waals surface area contributed by atoms with Crippen LogP contribution in [-0.2, 0) is 11.3 Å². The van der Waals surface area contributed by atoms with Gasteiger partial charge >= 0.3 is 0 Å². The highest BCUT2D eigenvalue weighted by Crippen LogP contribution is 2.20. The summed E-state index contributed by atoms with van der Waals surface area (Å²) in [7, 11) is 0. The highest BCUT2D eigenvalue weighted by Gasteiger charge is 2.23. The molecule has 0 aromatic heterocycles.